The summed E-state index contributed by atoms with van der Waals surface area (Å²) in [6.07, 6.45) is 6.29. The minimum Gasteiger partial charge on any atom is -0.385 e. The molecule has 21 heavy (non-hydrogen) atoms. The SMILES string of the molecule is CCC1CCC(CNc2ccc(C#N)c([N+](=O)[O-])c2)CC1. The van der Waals surface area contributed by atoms with Gasteiger partial charge in [-0.05, 0) is 36.8 Å². The molecule has 0 unspecified atom stereocenters. The average molecular weight is 287 g/mol. The van der Waals surface area contributed by atoms with Crippen LogP contribution in [0.4, 0.5) is 11.4 Å². The summed E-state index contributed by atoms with van der Waals surface area (Å²) < 4.78 is 0. The molecule has 5 nitrogen and oxygen atoms in total. The van der Waals surface area contributed by atoms with Crippen LogP contribution in [0.2, 0.25) is 0 Å². The van der Waals surface area contributed by atoms with E-state index in [0.717, 1.165) is 18.2 Å². The summed E-state index contributed by atoms with van der Waals surface area (Å²) in [6.45, 7) is 3.10. The zero-order valence-corrected chi connectivity index (χ0v) is 12.3. The Morgan fingerprint density at radius 1 is 1.33 bits per heavy atom. The Morgan fingerprint density at radius 2 is 2.00 bits per heavy atom. The number of nitrogens with one attached hydrogen (secondary N) is 1. The van der Waals surface area contributed by atoms with Crippen molar-refractivity contribution in [1.29, 1.82) is 5.26 Å². The molecule has 0 aromatic heterocycles. The summed E-state index contributed by atoms with van der Waals surface area (Å²) in [4.78, 5) is 10.4. The Balaban J connectivity index is 1.94. The molecule has 0 amide bonds. The molecule has 1 aromatic carbocycles. The Morgan fingerprint density at radius 3 is 2.57 bits per heavy atom. The first-order valence-electron chi connectivity index (χ1n) is 7.56. The van der Waals surface area contributed by atoms with E-state index >= 15 is 0 Å². The number of nitro groups is 1. The van der Waals surface area contributed by atoms with Gasteiger partial charge in [0.15, 0.2) is 0 Å². The summed E-state index contributed by atoms with van der Waals surface area (Å²) in [5.41, 5.74) is 0.699. The second-order valence-electron chi connectivity index (χ2n) is 5.78. The van der Waals surface area contributed by atoms with Crippen molar-refractivity contribution in [3.63, 3.8) is 0 Å². The summed E-state index contributed by atoms with van der Waals surface area (Å²) in [6, 6.07) is 6.55. The lowest BCUT2D eigenvalue weighted by atomic mass is 9.81. The number of nitrogens with zero attached hydrogens (tertiary/aromatic N) is 2. The van der Waals surface area contributed by atoms with Crippen molar-refractivity contribution < 1.29 is 4.92 Å². The molecule has 1 fully saturated rings. The highest BCUT2D eigenvalue weighted by Gasteiger charge is 2.20. The topological polar surface area (TPSA) is 79.0 Å². The molecule has 0 aliphatic heterocycles. The molecule has 0 radical (unpaired) electrons. The number of rotatable bonds is 5. The number of nitro benzene ring substituents is 1. The maximum Gasteiger partial charge on any atom is 0.289 e. The van der Waals surface area contributed by atoms with Gasteiger partial charge in [0.25, 0.3) is 5.69 Å². The second-order valence-corrected chi connectivity index (χ2v) is 5.78. The lowest BCUT2D eigenvalue weighted by molar-refractivity contribution is -0.385. The first-order valence-corrected chi connectivity index (χ1v) is 7.56. The molecule has 1 aliphatic carbocycles. The van der Waals surface area contributed by atoms with Gasteiger partial charge in [0.05, 0.1) is 4.92 Å². The Labute approximate surface area is 125 Å². The van der Waals surface area contributed by atoms with E-state index in [0.29, 0.717) is 5.92 Å². The highest BCUT2D eigenvalue weighted by molar-refractivity contribution is 5.59. The van der Waals surface area contributed by atoms with Crippen molar-refractivity contribution in [3.8, 4) is 6.07 Å². The van der Waals surface area contributed by atoms with Gasteiger partial charge in [0.1, 0.15) is 11.6 Å². The molecule has 1 aliphatic rings. The fourth-order valence-electron chi connectivity index (χ4n) is 2.99. The highest BCUT2D eigenvalue weighted by atomic mass is 16.6. The Kier molecular flexibility index (Phi) is 5.15. The van der Waals surface area contributed by atoms with Crippen LogP contribution in [0.15, 0.2) is 18.2 Å². The second kappa shape index (κ2) is 7.07. The van der Waals surface area contributed by atoms with Gasteiger partial charge in [-0.15, -0.1) is 0 Å². The van der Waals surface area contributed by atoms with Gasteiger partial charge in [0, 0.05) is 18.3 Å². The van der Waals surface area contributed by atoms with Crippen LogP contribution in [0.1, 0.15) is 44.6 Å². The summed E-state index contributed by atoms with van der Waals surface area (Å²) in [5.74, 6) is 1.51. The van der Waals surface area contributed by atoms with Crippen molar-refractivity contribution in [2.24, 2.45) is 11.8 Å². The quantitative estimate of drug-likeness (QED) is 0.653. The Hall–Kier alpha value is -2.09. The van der Waals surface area contributed by atoms with Crippen LogP contribution in [-0.2, 0) is 0 Å². The van der Waals surface area contributed by atoms with Gasteiger partial charge in [-0.1, -0.05) is 26.2 Å². The molecule has 0 heterocycles. The molecule has 5 heteroatoms. The van der Waals surface area contributed by atoms with E-state index in [1.807, 2.05) is 6.07 Å². The van der Waals surface area contributed by atoms with E-state index in [-0.39, 0.29) is 11.3 Å². The molecule has 0 saturated heterocycles. The minimum absolute atomic E-state index is 0.106. The molecule has 1 saturated carbocycles. The normalized spacial score (nSPS) is 21.5. The van der Waals surface area contributed by atoms with E-state index in [2.05, 4.69) is 12.2 Å². The van der Waals surface area contributed by atoms with Crippen LogP contribution >= 0.6 is 0 Å². The molecular formula is C16H21N3O2. The zero-order chi connectivity index (χ0) is 15.2. The third-order valence-electron chi connectivity index (χ3n) is 4.45. The largest absolute Gasteiger partial charge is 0.385 e. The highest BCUT2D eigenvalue weighted by Crippen LogP contribution is 2.31. The molecule has 1 N–H and O–H groups in total. The van der Waals surface area contributed by atoms with Crippen molar-refractivity contribution in [3.05, 3.63) is 33.9 Å². The number of hydrogen-bond acceptors (Lipinski definition) is 4. The van der Waals surface area contributed by atoms with Crippen LogP contribution in [0.3, 0.4) is 0 Å². The number of hydrogen-bond donors (Lipinski definition) is 1. The number of benzene rings is 1. The maximum absolute atomic E-state index is 10.9. The van der Waals surface area contributed by atoms with E-state index in [1.54, 1.807) is 6.07 Å². The zero-order valence-electron chi connectivity index (χ0n) is 12.3. The Bertz CT molecular complexity index is 543. The molecule has 1 aromatic rings. The first-order chi connectivity index (χ1) is 10.1. The summed E-state index contributed by atoms with van der Waals surface area (Å²) in [7, 11) is 0. The fourth-order valence-corrected chi connectivity index (χ4v) is 2.99. The van der Waals surface area contributed by atoms with Crippen molar-refractivity contribution in [1.82, 2.24) is 0 Å². The van der Waals surface area contributed by atoms with Crippen molar-refractivity contribution in [2.75, 3.05) is 11.9 Å². The standard InChI is InChI=1S/C16H21N3O2/c1-2-12-3-5-13(6-4-12)11-18-15-8-7-14(10-17)16(9-15)19(20)21/h7-9,12-13,18H,2-6,11H2,1H3. The van der Waals surface area contributed by atoms with E-state index in [4.69, 9.17) is 5.26 Å². The average Bonchev–Trinajstić information content (AvgIpc) is 2.53. The smallest absolute Gasteiger partial charge is 0.289 e. The third-order valence-corrected chi connectivity index (χ3v) is 4.45. The van der Waals surface area contributed by atoms with Crippen LogP contribution in [0.5, 0.6) is 0 Å². The number of nitriles is 1. The van der Waals surface area contributed by atoms with Crippen molar-refractivity contribution in [2.45, 2.75) is 39.0 Å². The van der Waals surface area contributed by atoms with Gasteiger partial charge in [0.2, 0.25) is 0 Å². The van der Waals surface area contributed by atoms with E-state index in [1.165, 1.54) is 44.2 Å². The summed E-state index contributed by atoms with van der Waals surface area (Å²) in [5, 5.41) is 23.1. The molecule has 0 spiro atoms. The maximum atomic E-state index is 10.9. The molecule has 112 valence electrons. The van der Waals surface area contributed by atoms with E-state index < -0.39 is 4.92 Å². The van der Waals surface area contributed by atoms with Gasteiger partial charge in [-0.25, -0.2) is 0 Å². The van der Waals surface area contributed by atoms with Gasteiger partial charge >= 0.3 is 0 Å². The van der Waals surface area contributed by atoms with Crippen LogP contribution < -0.4 is 5.32 Å². The molecule has 0 atom stereocenters. The molecule has 0 bridgehead atoms. The monoisotopic (exact) mass is 287 g/mol. The lowest BCUT2D eigenvalue weighted by Crippen LogP contribution is -2.21. The predicted octanol–water partition coefficient (Wildman–Crippen LogP) is 4.09. The van der Waals surface area contributed by atoms with Crippen LogP contribution in [0, 0.1) is 33.3 Å². The first kappa shape index (κ1) is 15.3. The minimum atomic E-state index is -0.504. The number of anilines is 1. The molecule has 2 rings (SSSR count). The van der Waals surface area contributed by atoms with Crippen molar-refractivity contribution >= 4 is 11.4 Å². The van der Waals surface area contributed by atoms with E-state index in [9.17, 15) is 10.1 Å². The lowest BCUT2D eigenvalue weighted by Gasteiger charge is -2.28. The van der Waals surface area contributed by atoms with Crippen LogP contribution in [-0.4, -0.2) is 11.5 Å². The van der Waals surface area contributed by atoms with Gasteiger partial charge in [-0.3, -0.25) is 10.1 Å². The van der Waals surface area contributed by atoms with Gasteiger partial charge < -0.3 is 5.32 Å². The molecular weight excluding hydrogens is 266 g/mol. The van der Waals surface area contributed by atoms with Gasteiger partial charge in [-0.2, -0.15) is 5.26 Å². The predicted molar refractivity (Wildman–Crippen MR) is 82.0 cm³/mol. The van der Waals surface area contributed by atoms with Crippen LogP contribution in [0.25, 0.3) is 0 Å². The fraction of sp³-hybridized carbons (Fsp3) is 0.562. The summed E-state index contributed by atoms with van der Waals surface area (Å²) >= 11 is 0. The third kappa shape index (κ3) is 3.94.